The molecule has 1 N–H and O–H groups in total. The van der Waals surface area contributed by atoms with E-state index in [2.05, 4.69) is 15.3 Å². The van der Waals surface area contributed by atoms with Gasteiger partial charge in [0.2, 0.25) is 5.28 Å². The summed E-state index contributed by atoms with van der Waals surface area (Å²) in [6.07, 6.45) is 1.34. The maximum Gasteiger partial charge on any atom is 0.224 e. The van der Waals surface area contributed by atoms with Crippen molar-refractivity contribution in [2.24, 2.45) is 0 Å². The summed E-state index contributed by atoms with van der Waals surface area (Å²) in [7, 11) is 0. The Morgan fingerprint density at radius 2 is 1.61 bits per heavy atom. The van der Waals surface area contributed by atoms with Crippen molar-refractivity contribution < 1.29 is 4.39 Å². The molecular formula is C10H4Cl4FN3. The van der Waals surface area contributed by atoms with Crippen molar-refractivity contribution in [2.45, 2.75) is 0 Å². The van der Waals surface area contributed by atoms with Gasteiger partial charge in [-0.3, -0.25) is 0 Å². The number of nitrogens with zero attached hydrogens (tertiary/aromatic N) is 2. The third-order valence-electron chi connectivity index (χ3n) is 1.96. The first kappa shape index (κ1) is 13.6. The average molecular weight is 327 g/mol. The van der Waals surface area contributed by atoms with E-state index in [-0.39, 0.29) is 26.2 Å². The summed E-state index contributed by atoms with van der Waals surface area (Å²) < 4.78 is 13.2. The molecule has 1 aromatic heterocycles. The van der Waals surface area contributed by atoms with Crippen LogP contribution in [-0.4, -0.2) is 9.97 Å². The van der Waals surface area contributed by atoms with E-state index in [1.807, 2.05) is 0 Å². The number of rotatable bonds is 2. The lowest BCUT2D eigenvalue weighted by Crippen LogP contribution is -1.97. The molecule has 0 fully saturated rings. The van der Waals surface area contributed by atoms with Crippen LogP contribution in [0, 0.1) is 5.82 Å². The van der Waals surface area contributed by atoms with Crippen LogP contribution < -0.4 is 5.32 Å². The Hall–Kier alpha value is -0.810. The van der Waals surface area contributed by atoms with Crippen LogP contribution >= 0.6 is 46.4 Å². The molecule has 0 unspecified atom stereocenters. The van der Waals surface area contributed by atoms with Gasteiger partial charge in [0.15, 0.2) is 11.6 Å². The van der Waals surface area contributed by atoms with Crippen molar-refractivity contribution >= 4 is 57.9 Å². The van der Waals surface area contributed by atoms with E-state index in [4.69, 9.17) is 46.4 Å². The van der Waals surface area contributed by atoms with Gasteiger partial charge >= 0.3 is 0 Å². The number of anilines is 2. The largest absolute Gasteiger partial charge is 0.339 e. The van der Waals surface area contributed by atoms with Gasteiger partial charge in [0.1, 0.15) is 5.02 Å². The van der Waals surface area contributed by atoms with Gasteiger partial charge in [-0.25, -0.2) is 9.37 Å². The third-order valence-corrected chi connectivity index (χ3v) is 2.97. The number of nitrogens with one attached hydrogen (secondary N) is 1. The zero-order valence-electron chi connectivity index (χ0n) is 8.52. The Balaban J connectivity index is 2.37. The van der Waals surface area contributed by atoms with Gasteiger partial charge in [0.25, 0.3) is 0 Å². The summed E-state index contributed by atoms with van der Waals surface area (Å²) in [5, 5.41) is 2.89. The van der Waals surface area contributed by atoms with Crippen LogP contribution in [-0.2, 0) is 0 Å². The molecule has 0 bridgehead atoms. The molecule has 18 heavy (non-hydrogen) atoms. The van der Waals surface area contributed by atoms with Crippen LogP contribution in [0.25, 0.3) is 0 Å². The molecule has 2 aromatic rings. The van der Waals surface area contributed by atoms with Crippen molar-refractivity contribution in [3.8, 4) is 0 Å². The standard InChI is InChI=1S/C10H4Cl4FN3/c11-5-1-4(2-6(12)8(5)15)17-9-7(13)3-16-10(14)18-9/h1-3H,(H,16,17,18). The Kier molecular flexibility index (Phi) is 4.12. The molecule has 1 aromatic carbocycles. The van der Waals surface area contributed by atoms with Crippen LogP contribution in [0.2, 0.25) is 20.4 Å². The molecule has 94 valence electrons. The monoisotopic (exact) mass is 325 g/mol. The highest BCUT2D eigenvalue weighted by Gasteiger charge is 2.10. The minimum absolute atomic E-state index is 0.0289. The lowest BCUT2D eigenvalue weighted by Gasteiger charge is -2.08. The first-order valence-electron chi connectivity index (χ1n) is 4.57. The van der Waals surface area contributed by atoms with Crippen molar-refractivity contribution in [3.05, 3.63) is 44.5 Å². The molecule has 2 rings (SSSR count). The summed E-state index contributed by atoms with van der Waals surface area (Å²) in [4.78, 5) is 7.58. The Morgan fingerprint density at radius 1 is 1.00 bits per heavy atom. The summed E-state index contributed by atoms with van der Waals surface area (Å²) in [6.45, 7) is 0. The van der Waals surface area contributed by atoms with Crippen LogP contribution in [0.4, 0.5) is 15.9 Å². The summed E-state index contributed by atoms with van der Waals surface area (Å²) >= 11 is 22.8. The van der Waals surface area contributed by atoms with Gasteiger partial charge in [-0.05, 0) is 23.7 Å². The van der Waals surface area contributed by atoms with Crippen LogP contribution in [0.5, 0.6) is 0 Å². The number of halogens is 5. The summed E-state index contributed by atoms with van der Waals surface area (Å²) in [5.74, 6) is -0.411. The van der Waals surface area contributed by atoms with E-state index in [0.29, 0.717) is 5.69 Å². The van der Waals surface area contributed by atoms with E-state index < -0.39 is 5.82 Å². The van der Waals surface area contributed by atoms with E-state index >= 15 is 0 Å². The van der Waals surface area contributed by atoms with Gasteiger partial charge in [-0.15, -0.1) is 0 Å². The van der Waals surface area contributed by atoms with Crippen molar-refractivity contribution in [1.82, 2.24) is 9.97 Å². The highest BCUT2D eigenvalue weighted by Crippen LogP contribution is 2.30. The fourth-order valence-corrected chi connectivity index (χ4v) is 1.96. The SMILES string of the molecule is Fc1c(Cl)cc(Nc2nc(Cl)ncc2Cl)cc1Cl. The third kappa shape index (κ3) is 2.95. The van der Waals surface area contributed by atoms with E-state index in [1.165, 1.54) is 18.3 Å². The van der Waals surface area contributed by atoms with Crippen LogP contribution in [0.1, 0.15) is 0 Å². The zero-order valence-corrected chi connectivity index (χ0v) is 11.5. The normalized spacial score (nSPS) is 10.5. The summed E-state index contributed by atoms with van der Waals surface area (Å²) in [6, 6.07) is 2.71. The van der Waals surface area contributed by atoms with Gasteiger partial charge in [0, 0.05) is 5.69 Å². The molecule has 3 nitrogen and oxygen atoms in total. The van der Waals surface area contributed by atoms with Gasteiger partial charge in [-0.2, -0.15) is 4.98 Å². The molecule has 8 heteroatoms. The van der Waals surface area contributed by atoms with Crippen LogP contribution in [0.15, 0.2) is 18.3 Å². The predicted octanol–water partition coefficient (Wildman–Crippen LogP) is 4.97. The number of benzene rings is 1. The second kappa shape index (κ2) is 5.45. The molecule has 0 saturated heterocycles. The fourth-order valence-electron chi connectivity index (χ4n) is 1.20. The smallest absolute Gasteiger partial charge is 0.224 e. The Bertz CT molecular complexity index is 583. The zero-order chi connectivity index (χ0) is 13.3. The van der Waals surface area contributed by atoms with Gasteiger partial charge in [0.05, 0.1) is 16.2 Å². The lowest BCUT2D eigenvalue weighted by atomic mass is 10.3. The molecule has 0 atom stereocenters. The van der Waals surface area contributed by atoms with Crippen molar-refractivity contribution in [2.75, 3.05) is 5.32 Å². The maximum atomic E-state index is 13.2. The van der Waals surface area contributed by atoms with E-state index in [0.717, 1.165) is 0 Å². The molecule has 0 spiro atoms. The predicted molar refractivity (Wildman–Crippen MR) is 71.8 cm³/mol. The second-order valence-corrected chi connectivity index (χ2v) is 4.77. The molecule has 0 aliphatic carbocycles. The molecule has 0 aliphatic rings. The second-order valence-electron chi connectivity index (χ2n) is 3.21. The van der Waals surface area contributed by atoms with E-state index in [9.17, 15) is 4.39 Å². The number of hydrogen-bond acceptors (Lipinski definition) is 3. The Labute approximate surface area is 122 Å². The maximum absolute atomic E-state index is 13.2. The number of aromatic nitrogens is 2. The topological polar surface area (TPSA) is 37.8 Å². The van der Waals surface area contributed by atoms with Gasteiger partial charge in [-0.1, -0.05) is 34.8 Å². The number of hydrogen-bond donors (Lipinski definition) is 1. The fraction of sp³-hybridized carbons (Fsp3) is 0. The minimum Gasteiger partial charge on any atom is -0.339 e. The first-order valence-corrected chi connectivity index (χ1v) is 6.08. The quantitative estimate of drug-likeness (QED) is 0.625. The molecule has 0 saturated carbocycles. The molecular weight excluding hydrogens is 323 g/mol. The first-order chi connectivity index (χ1) is 8.47. The minimum atomic E-state index is -0.685. The lowest BCUT2D eigenvalue weighted by molar-refractivity contribution is 0.629. The molecule has 0 radical (unpaired) electrons. The van der Waals surface area contributed by atoms with Crippen molar-refractivity contribution in [1.29, 1.82) is 0 Å². The van der Waals surface area contributed by atoms with Crippen LogP contribution in [0.3, 0.4) is 0 Å². The van der Waals surface area contributed by atoms with Crippen molar-refractivity contribution in [3.63, 3.8) is 0 Å². The average Bonchev–Trinajstić information content (AvgIpc) is 2.31. The molecule has 1 heterocycles. The van der Waals surface area contributed by atoms with E-state index in [1.54, 1.807) is 0 Å². The van der Waals surface area contributed by atoms with Gasteiger partial charge < -0.3 is 5.32 Å². The highest BCUT2D eigenvalue weighted by atomic mass is 35.5. The summed E-state index contributed by atoms with van der Waals surface area (Å²) in [5.41, 5.74) is 0.433. The highest BCUT2D eigenvalue weighted by molar-refractivity contribution is 6.35. The molecule has 0 amide bonds. The molecule has 0 aliphatic heterocycles. The Morgan fingerprint density at radius 3 is 2.22 bits per heavy atom.